The molecule has 0 unspecified atom stereocenters. The second kappa shape index (κ2) is 4.91. The van der Waals surface area contributed by atoms with Crippen LogP contribution in [0.5, 0.6) is 0 Å². The number of hydrogen-bond acceptors (Lipinski definition) is 3. The summed E-state index contributed by atoms with van der Waals surface area (Å²) < 4.78 is 0. The van der Waals surface area contributed by atoms with E-state index in [9.17, 15) is 4.79 Å². The van der Waals surface area contributed by atoms with Crippen molar-refractivity contribution in [3.63, 3.8) is 0 Å². The Bertz CT molecular complexity index is 347. The third-order valence-electron chi connectivity index (χ3n) is 2.17. The summed E-state index contributed by atoms with van der Waals surface area (Å²) in [6, 6.07) is 3.62. The van der Waals surface area contributed by atoms with Crippen molar-refractivity contribution in [3.8, 4) is 0 Å². The van der Waals surface area contributed by atoms with Gasteiger partial charge in [0.05, 0.1) is 5.56 Å². The summed E-state index contributed by atoms with van der Waals surface area (Å²) >= 11 is 0. The first-order valence-corrected chi connectivity index (χ1v) is 5.19. The molecule has 0 radical (unpaired) electrons. The lowest BCUT2D eigenvalue weighted by Gasteiger charge is -2.22. The lowest BCUT2D eigenvalue weighted by atomic mass is 10.1. The Morgan fingerprint density at radius 1 is 1.53 bits per heavy atom. The molecule has 0 spiro atoms. The summed E-state index contributed by atoms with van der Waals surface area (Å²) in [5, 5.41) is 0. The molecule has 0 aliphatic heterocycles. The molecule has 82 valence electrons. The molecular weight excluding hydrogens is 188 g/mol. The zero-order chi connectivity index (χ0) is 11.4. The number of aromatic nitrogens is 1. The minimum Gasteiger partial charge on any atom is -0.359 e. The van der Waals surface area contributed by atoms with Crippen LogP contribution in [0.25, 0.3) is 0 Å². The molecule has 1 aromatic rings. The first-order valence-electron chi connectivity index (χ1n) is 5.19. The smallest absolute Gasteiger partial charge is 0.163 e. The van der Waals surface area contributed by atoms with Crippen LogP contribution in [-0.2, 0) is 0 Å². The summed E-state index contributed by atoms with van der Waals surface area (Å²) in [5.41, 5.74) is 0.695. The molecule has 15 heavy (non-hydrogen) atoms. The Morgan fingerprint density at radius 2 is 2.20 bits per heavy atom. The van der Waals surface area contributed by atoms with Crippen LogP contribution in [0.2, 0.25) is 0 Å². The van der Waals surface area contributed by atoms with E-state index in [0.29, 0.717) is 11.5 Å². The van der Waals surface area contributed by atoms with Gasteiger partial charge in [-0.25, -0.2) is 4.98 Å². The fraction of sp³-hybridized carbons (Fsp3) is 0.500. The zero-order valence-electron chi connectivity index (χ0n) is 9.82. The van der Waals surface area contributed by atoms with Gasteiger partial charge in [-0.1, -0.05) is 13.8 Å². The Kier molecular flexibility index (Phi) is 3.83. The molecule has 0 aromatic carbocycles. The van der Waals surface area contributed by atoms with Crippen molar-refractivity contribution in [2.24, 2.45) is 5.92 Å². The molecule has 0 fully saturated rings. The van der Waals surface area contributed by atoms with E-state index in [1.807, 2.05) is 18.0 Å². The van der Waals surface area contributed by atoms with Crippen molar-refractivity contribution < 1.29 is 4.79 Å². The van der Waals surface area contributed by atoms with Crippen molar-refractivity contribution >= 4 is 11.6 Å². The van der Waals surface area contributed by atoms with E-state index in [1.165, 1.54) is 0 Å². The van der Waals surface area contributed by atoms with E-state index in [0.717, 1.165) is 12.4 Å². The Morgan fingerprint density at radius 3 is 2.73 bits per heavy atom. The van der Waals surface area contributed by atoms with Crippen LogP contribution < -0.4 is 4.90 Å². The zero-order valence-corrected chi connectivity index (χ0v) is 9.82. The number of carbonyl (C=O) groups excluding carboxylic acids is 1. The van der Waals surface area contributed by atoms with E-state index in [2.05, 4.69) is 18.8 Å². The van der Waals surface area contributed by atoms with Gasteiger partial charge in [0.25, 0.3) is 0 Å². The van der Waals surface area contributed by atoms with Crippen molar-refractivity contribution in [1.29, 1.82) is 0 Å². The van der Waals surface area contributed by atoms with Crippen LogP contribution in [-0.4, -0.2) is 24.4 Å². The van der Waals surface area contributed by atoms with Gasteiger partial charge in [0, 0.05) is 19.8 Å². The molecule has 0 bridgehead atoms. The van der Waals surface area contributed by atoms with Gasteiger partial charge in [0.1, 0.15) is 5.82 Å². The van der Waals surface area contributed by atoms with E-state index < -0.39 is 0 Å². The van der Waals surface area contributed by atoms with Crippen molar-refractivity contribution in [2.75, 3.05) is 18.5 Å². The first kappa shape index (κ1) is 11.7. The van der Waals surface area contributed by atoms with Crippen LogP contribution >= 0.6 is 0 Å². The number of nitrogens with zero attached hydrogens (tertiary/aromatic N) is 2. The molecule has 0 N–H and O–H groups in total. The Balaban J connectivity index is 2.97. The molecule has 0 aliphatic rings. The molecule has 1 heterocycles. The Labute approximate surface area is 91.1 Å². The number of hydrogen-bond donors (Lipinski definition) is 0. The standard InChI is InChI=1S/C12H18N2O/c1-9(2)8-14(4)12-11(10(3)15)6-5-7-13-12/h5-7,9H,8H2,1-4H3. The number of Topliss-reactive ketones (excluding diaryl/α,β-unsaturated/α-hetero) is 1. The topological polar surface area (TPSA) is 33.2 Å². The van der Waals surface area contributed by atoms with E-state index >= 15 is 0 Å². The van der Waals surface area contributed by atoms with E-state index in [1.54, 1.807) is 19.2 Å². The summed E-state index contributed by atoms with van der Waals surface area (Å²) in [6.45, 7) is 6.76. The highest BCUT2D eigenvalue weighted by Crippen LogP contribution is 2.17. The molecule has 1 rings (SSSR count). The van der Waals surface area contributed by atoms with Gasteiger partial charge < -0.3 is 4.90 Å². The predicted octanol–water partition coefficient (Wildman–Crippen LogP) is 2.38. The van der Waals surface area contributed by atoms with Crippen LogP contribution in [0.1, 0.15) is 31.1 Å². The molecule has 0 amide bonds. The molecule has 3 nitrogen and oxygen atoms in total. The molecule has 0 aliphatic carbocycles. The van der Waals surface area contributed by atoms with Crippen LogP contribution in [0.15, 0.2) is 18.3 Å². The number of pyridine rings is 1. The Hall–Kier alpha value is -1.38. The fourth-order valence-corrected chi connectivity index (χ4v) is 1.61. The maximum Gasteiger partial charge on any atom is 0.163 e. The lowest BCUT2D eigenvalue weighted by Crippen LogP contribution is -2.25. The van der Waals surface area contributed by atoms with Crippen molar-refractivity contribution in [3.05, 3.63) is 23.9 Å². The summed E-state index contributed by atoms with van der Waals surface area (Å²) in [6.07, 6.45) is 1.72. The third kappa shape index (κ3) is 3.05. The van der Waals surface area contributed by atoms with Crippen LogP contribution in [0.4, 0.5) is 5.82 Å². The maximum absolute atomic E-state index is 11.4. The van der Waals surface area contributed by atoms with Gasteiger partial charge in [-0.15, -0.1) is 0 Å². The maximum atomic E-state index is 11.4. The number of ketones is 1. The molecule has 3 heteroatoms. The monoisotopic (exact) mass is 206 g/mol. The minimum absolute atomic E-state index is 0.0636. The van der Waals surface area contributed by atoms with Crippen molar-refractivity contribution in [1.82, 2.24) is 4.98 Å². The van der Waals surface area contributed by atoms with Gasteiger partial charge >= 0.3 is 0 Å². The summed E-state index contributed by atoms with van der Waals surface area (Å²) in [5.74, 6) is 1.39. The summed E-state index contributed by atoms with van der Waals surface area (Å²) in [7, 11) is 1.97. The van der Waals surface area contributed by atoms with Gasteiger partial charge in [0.15, 0.2) is 5.78 Å². The minimum atomic E-state index is 0.0636. The van der Waals surface area contributed by atoms with Crippen LogP contribution in [0, 0.1) is 5.92 Å². The highest BCUT2D eigenvalue weighted by atomic mass is 16.1. The average molecular weight is 206 g/mol. The van der Waals surface area contributed by atoms with E-state index in [-0.39, 0.29) is 5.78 Å². The largest absolute Gasteiger partial charge is 0.359 e. The number of rotatable bonds is 4. The van der Waals surface area contributed by atoms with Crippen LogP contribution in [0.3, 0.4) is 0 Å². The quantitative estimate of drug-likeness (QED) is 0.709. The van der Waals surface area contributed by atoms with Gasteiger partial charge in [-0.2, -0.15) is 0 Å². The molecular formula is C12H18N2O. The molecule has 0 atom stereocenters. The fourth-order valence-electron chi connectivity index (χ4n) is 1.61. The highest BCUT2D eigenvalue weighted by Gasteiger charge is 2.12. The highest BCUT2D eigenvalue weighted by molar-refractivity contribution is 5.98. The number of carbonyl (C=O) groups is 1. The van der Waals surface area contributed by atoms with Gasteiger partial charge in [0.2, 0.25) is 0 Å². The van der Waals surface area contributed by atoms with E-state index in [4.69, 9.17) is 0 Å². The van der Waals surface area contributed by atoms with Gasteiger partial charge in [-0.3, -0.25) is 4.79 Å². The predicted molar refractivity (Wildman–Crippen MR) is 62.3 cm³/mol. The third-order valence-corrected chi connectivity index (χ3v) is 2.17. The molecule has 1 aromatic heterocycles. The average Bonchev–Trinajstić information content (AvgIpc) is 2.16. The van der Waals surface area contributed by atoms with Crippen molar-refractivity contribution in [2.45, 2.75) is 20.8 Å². The summed E-state index contributed by atoms with van der Waals surface area (Å²) in [4.78, 5) is 17.7. The number of anilines is 1. The second-order valence-electron chi connectivity index (χ2n) is 4.21. The SMILES string of the molecule is CC(=O)c1cccnc1N(C)CC(C)C. The molecule has 0 saturated carbocycles. The normalized spacial score (nSPS) is 10.5. The first-order chi connectivity index (χ1) is 7.02. The lowest BCUT2D eigenvalue weighted by molar-refractivity contribution is 0.101. The molecule has 0 saturated heterocycles. The van der Waals surface area contributed by atoms with Gasteiger partial charge in [-0.05, 0) is 25.0 Å². The second-order valence-corrected chi connectivity index (χ2v) is 4.21.